The summed E-state index contributed by atoms with van der Waals surface area (Å²) in [5, 5.41) is 12.8. The van der Waals surface area contributed by atoms with Gasteiger partial charge in [0, 0.05) is 17.8 Å². The summed E-state index contributed by atoms with van der Waals surface area (Å²) in [6.07, 6.45) is 0.536. The van der Waals surface area contributed by atoms with Crippen molar-refractivity contribution in [2.75, 3.05) is 4.90 Å². The van der Waals surface area contributed by atoms with Gasteiger partial charge in [-0.1, -0.05) is 18.2 Å². The summed E-state index contributed by atoms with van der Waals surface area (Å²) in [5.41, 5.74) is 1.64. The normalized spacial score (nSPS) is 16.0. The standard InChI is InChI=1S/C17H17N3O4/c1-11-10-12-4-2-3-5-14(12)20(11)17(24)13-6-7-15(21)19(18-13)9-8-16(22)23/h2-7,11H,8-10H2,1H3,(H,22,23)/t11-/m0/s1. The summed E-state index contributed by atoms with van der Waals surface area (Å²) in [6.45, 7) is 1.89. The quantitative estimate of drug-likeness (QED) is 0.914. The van der Waals surface area contributed by atoms with Crippen molar-refractivity contribution in [2.24, 2.45) is 0 Å². The lowest BCUT2D eigenvalue weighted by Crippen LogP contribution is -2.37. The number of amides is 1. The van der Waals surface area contributed by atoms with Crippen LogP contribution in [0.4, 0.5) is 5.69 Å². The molecule has 0 aliphatic carbocycles. The maximum atomic E-state index is 12.9. The van der Waals surface area contributed by atoms with Gasteiger partial charge in [0.05, 0.1) is 13.0 Å². The number of carboxylic acids is 1. The van der Waals surface area contributed by atoms with Crippen LogP contribution in [0.15, 0.2) is 41.2 Å². The van der Waals surface area contributed by atoms with Crippen LogP contribution >= 0.6 is 0 Å². The SMILES string of the molecule is C[C@H]1Cc2ccccc2N1C(=O)c1ccc(=O)n(CCC(=O)O)n1. The first kappa shape index (κ1) is 15.9. The molecule has 1 aliphatic heterocycles. The van der Waals surface area contributed by atoms with Crippen LogP contribution in [0.25, 0.3) is 0 Å². The fraction of sp³-hybridized carbons (Fsp3) is 0.294. The number of aryl methyl sites for hydroxylation is 1. The van der Waals surface area contributed by atoms with Crippen molar-refractivity contribution >= 4 is 17.6 Å². The average molecular weight is 327 g/mol. The second-order valence-corrected chi connectivity index (χ2v) is 5.78. The van der Waals surface area contributed by atoms with E-state index in [2.05, 4.69) is 5.10 Å². The first-order valence-electron chi connectivity index (χ1n) is 7.69. The van der Waals surface area contributed by atoms with E-state index in [0.717, 1.165) is 22.4 Å². The van der Waals surface area contributed by atoms with Gasteiger partial charge in [-0.25, -0.2) is 4.68 Å². The zero-order chi connectivity index (χ0) is 17.3. The van der Waals surface area contributed by atoms with E-state index in [9.17, 15) is 14.4 Å². The van der Waals surface area contributed by atoms with E-state index in [1.165, 1.54) is 12.1 Å². The molecule has 0 spiro atoms. The topological polar surface area (TPSA) is 92.5 Å². The van der Waals surface area contributed by atoms with Gasteiger partial charge in [0.1, 0.15) is 5.69 Å². The molecule has 0 bridgehead atoms. The van der Waals surface area contributed by atoms with Crippen LogP contribution in [0.1, 0.15) is 29.4 Å². The Morgan fingerprint density at radius 3 is 2.75 bits per heavy atom. The Morgan fingerprint density at radius 1 is 1.25 bits per heavy atom. The average Bonchev–Trinajstić information content (AvgIpc) is 2.89. The van der Waals surface area contributed by atoms with E-state index in [-0.39, 0.29) is 30.6 Å². The molecule has 1 atom stereocenters. The van der Waals surface area contributed by atoms with Gasteiger partial charge >= 0.3 is 5.97 Å². The molecule has 1 aromatic heterocycles. The molecular weight excluding hydrogens is 310 g/mol. The van der Waals surface area contributed by atoms with E-state index in [0.29, 0.717) is 0 Å². The number of benzene rings is 1. The van der Waals surface area contributed by atoms with Crippen molar-refractivity contribution in [3.8, 4) is 0 Å². The second-order valence-electron chi connectivity index (χ2n) is 5.78. The number of fused-ring (bicyclic) bond motifs is 1. The van der Waals surface area contributed by atoms with E-state index < -0.39 is 11.5 Å². The Morgan fingerprint density at radius 2 is 2.00 bits per heavy atom. The fourth-order valence-corrected chi connectivity index (χ4v) is 2.92. The molecular formula is C17H17N3O4. The van der Waals surface area contributed by atoms with Gasteiger partial charge in [-0.05, 0) is 31.0 Å². The zero-order valence-electron chi connectivity index (χ0n) is 13.2. The summed E-state index contributed by atoms with van der Waals surface area (Å²) < 4.78 is 1.02. The van der Waals surface area contributed by atoms with Gasteiger partial charge in [-0.15, -0.1) is 0 Å². The second kappa shape index (κ2) is 6.27. The van der Waals surface area contributed by atoms with E-state index in [1.807, 2.05) is 31.2 Å². The van der Waals surface area contributed by atoms with Crippen molar-refractivity contribution in [3.63, 3.8) is 0 Å². The molecule has 2 heterocycles. The number of carbonyl (C=O) groups is 2. The number of hydrogen-bond acceptors (Lipinski definition) is 4. The van der Waals surface area contributed by atoms with Crippen molar-refractivity contribution in [1.29, 1.82) is 0 Å². The van der Waals surface area contributed by atoms with Crippen molar-refractivity contribution in [2.45, 2.75) is 32.4 Å². The van der Waals surface area contributed by atoms with Crippen molar-refractivity contribution < 1.29 is 14.7 Å². The predicted molar refractivity (Wildman–Crippen MR) is 87.2 cm³/mol. The highest BCUT2D eigenvalue weighted by molar-refractivity contribution is 6.06. The summed E-state index contributed by atoms with van der Waals surface area (Å²) in [5.74, 6) is -1.32. The molecule has 3 rings (SSSR count). The lowest BCUT2D eigenvalue weighted by molar-refractivity contribution is -0.137. The maximum Gasteiger partial charge on any atom is 0.305 e. The number of aliphatic carboxylic acids is 1. The van der Waals surface area contributed by atoms with E-state index >= 15 is 0 Å². The molecule has 0 saturated heterocycles. The molecule has 24 heavy (non-hydrogen) atoms. The number of para-hydroxylation sites is 1. The first-order chi connectivity index (χ1) is 11.5. The molecule has 124 valence electrons. The smallest absolute Gasteiger partial charge is 0.305 e. The molecule has 7 heteroatoms. The monoisotopic (exact) mass is 327 g/mol. The fourth-order valence-electron chi connectivity index (χ4n) is 2.92. The van der Waals surface area contributed by atoms with Crippen LogP contribution in [-0.2, 0) is 17.8 Å². The lowest BCUT2D eigenvalue weighted by Gasteiger charge is -2.22. The number of nitrogens with zero attached hydrogens (tertiary/aromatic N) is 3. The third kappa shape index (κ3) is 2.92. The largest absolute Gasteiger partial charge is 0.481 e. The highest BCUT2D eigenvalue weighted by Gasteiger charge is 2.32. The van der Waals surface area contributed by atoms with Crippen LogP contribution < -0.4 is 10.5 Å². The van der Waals surface area contributed by atoms with Gasteiger partial charge in [0.25, 0.3) is 11.5 Å². The van der Waals surface area contributed by atoms with Crippen molar-refractivity contribution in [1.82, 2.24) is 9.78 Å². The summed E-state index contributed by atoms with van der Waals surface area (Å²) >= 11 is 0. The number of aromatic nitrogens is 2. The third-order valence-electron chi connectivity index (χ3n) is 4.05. The first-order valence-corrected chi connectivity index (χ1v) is 7.69. The molecule has 1 aromatic carbocycles. The Bertz CT molecular complexity index is 859. The minimum atomic E-state index is -1.03. The van der Waals surface area contributed by atoms with Crippen LogP contribution in [-0.4, -0.2) is 32.8 Å². The number of anilines is 1. The Hall–Kier alpha value is -2.96. The molecule has 1 amide bonds. The zero-order valence-corrected chi connectivity index (χ0v) is 13.2. The van der Waals surface area contributed by atoms with E-state index in [1.54, 1.807) is 4.90 Å². The van der Waals surface area contributed by atoms with Gasteiger partial charge in [0.15, 0.2) is 0 Å². The van der Waals surface area contributed by atoms with Crippen LogP contribution in [0.5, 0.6) is 0 Å². The minimum Gasteiger partial charge on any atom is -0.481 e. The van der Waals surface area contributed by atoms with Gasteiger partial charge < -0.3 is 10.0 Å². The molecule has 0 radical (unpaired) electrons. The summed E-state index contributed by atoms with van der Waals surface area (Å²) in [4.78, 5) is 37.0. The Balaban J connectivity index is 1.92. The lowest BCUT2D eigenvalue weighted by atomic mass is 10.1. The number of hydrogen-bond donors (Lipinski definition) is 1. The van der Waals surface area contributed by atoms with Crippen molar-refractivity contribution in [3.05, 3.63) is 58.0 Å². The molecule has 1 N–H and O–H groups in total. The number of carbonyl (C=O) groups excluding carboxylic acids is 1. The molecule has 1 aliphatic rings. The number of rotatable bonds is 4. The molecule has 0 unspecified atom stereocenters. The molecule has 0 fully saturated rings. The third-order valence-corrected chi connectivity index (χ3v) is 4.05. The van der Waals surface area contributed by atoms with Crippen LogP contribution in [0.3, 0.4) is 0 Å². The summed E-state index contributed by atoms with van der Waals surface area (Å²) in [6, 6.07) is 10.3. The Labute approximate surface area is 138 Å². The Kier molecular flexibility index (Phi) is 4.16. The molecule has 7 nitrogen and oxygen atoms in total. The van der Waals surface area contributed by atoms with Crippen LogP contribution in [0.2, 0.25) is 0 Å². The van der Waals surface area contributed by atoms with Gasteiger partial charge in [-0.2, -0.15) is 5.10 Å². The van der Waals surface area contributed by atoms with Gasteiger partial charge in [-0.3, -0.25) is 14.4 Å². The number of carboxylic acid groups (broad SMARTS) is 1. The predicted octanol–water partition coefficient (Wildman–Crippen LogP) is 1.31. The van der Waals surface area contributed by atoms with Crippen LogP contribution in [0, 0.1) is 0 Å². The molecule has 0 saturated carbocycles. The highest BCUT2D eigenvalue weighted by atomic mass is 16.4. The van der Waals surface area contributed by atoms with Gasteiger partial charge in [0.2, 0.25) is 0 Å². The molecule has 2 aromatic rings. The summed E-state index contributed by atoms with van der Waals surface area (Å²) in [7, 11) is 0. The minimum absolute atomic E-state index is 0.00361. The maximum absolute atomic E-state index is 12.9. The highest BCUT2D eigenvalue weighted by Crippen LogP contribution is 2.32. The van der Waals surface area contributed by atoms with E-state index in [4.69, 9.17) is 5.11 Å².